The van der Waals surface area contributed by atoms with Gasteiger partial charge in [0.15, 0.2) is 5.78 Å². The van der Waals surface area contributed by atoms with Gasteiger partial charge in [-0.25, -0.2) is 0 Å². The minimum Gasteiger partial charge on any atom is -0.411 e. The van der Waals surface area contributed by atoms with Gasteiger partial charge in [-0.2, -0.15) is 0 Å². The number of carbonyl (C=O) groups is 1. The second kappa shape index (κ2) is 5.85. The molecule has 5 nitrogen and oxygen atoms in total. The summed E-state index contributed by atoms with van der Waals surface area (Å²) in [6.45, 7) is 2.10. The van der Waals surface area contributed by atoms with E-state index >= 15 is 0 Å². The van der Waals surface area contributed by atoms with E-state index in [1.54, 1.807) is 6.92 Å². The number of nitrogens with zero attached hydrogens (tertiary/aromatic N) is 3. The van der Waals surface area contributed by atoms with Gasteiger partial charge in [-0.3, -0.25) is 4.79 Å². The van der Waals surface area contributed by atoms with Crippen molar-refractivity contribution < 1.29 is 10.0 Å². The lowest BCUT2D eigenvalue weighted by molar-refractivity contribution is 0.0961. The predicted molar refractivity (Wildman–Crippen MR) is 91.8 cm³/mol. The van der Waals surface area contributed by atoms with E-state index in [1.165, 1.54) is 0 Å². The number of fused-ring (bicyclic) bond motifs is 3. The van der Waals surface area contributed by atoms with Crippen molar-refractivity contribution in [2.45, 2.75) is 6.92 Å². The first kappa shape index (κ1) is 15.2. The Bertz CT molecular complexity index is 923. The Balaban J connectivity index is 2.32. The number of aromatic nitrogens is 1. The van der Waals surface area contributed by atoms with Crippen LogP contribution in [-0.4, -0.2) is 46.6 Å². The average Bonchev–Trinajstić information content (AvgIpc) is 2.87. The van der Waals surface area contributed by atoms with Gasteiger partial charge in [0.2, 0.25) is 0 Å². The molecular formula is C18H19N3O2. The van der Waals surface area contributed by atoms with Crippen LogP contribution >= 0.6 is 0 Å². The minimum absolute atomic E-state index is 0.0917. The van der Waals surface area contributed by atoms with Crippen molar-refractivity contribution in [1.82, 2.24) is 9.30 Å². The third kappa shape index (κ3) is 2.59. The molecule has 0 saturated carbocycles. The van der Waals surface area contributed by atoms with Crippen molar-refractivity contribution in [3.05, 3.63) is 53.7 Å². The lowest BCUT2D eigenvalue weighted by Crippen LogP contribution is -2.21. The monoisotopic (exact) mass is 309 g/mol. The molecule has 2 aromatic heterocycles. The SMILES string of the molecule is CC(=NO)c1ccc2c(C(=O)CN(C)C)c3ccccc3n2c1. The van der Waals surface area contributed by atoms with Gasteiger partial charge >= 0.3 is 0 Å². The van der Waals surface area contributed by atoms with Crippen molar-refractivity contribution in [2.75, 3.05) is 20.6 Å². The highest BCUT2D eigenvalue weighted by Gasteiger charge is 2.18. The molecule has 0 aliphatic rings. The number of ketones is 1. The molecule has 0 bridgehead atoms. The van der Waals surface area contributed by atoms with E-state index in [-0.39, 0.29) is 5.78 Å². The van der Waals surface area contributed by atoms with Gasteiger partial charge in [-0.15, -0.1) is 0 Å². The fourth-order valence-corrected chi connectivity index (χ4v) is 2.87. The van der Waals surface area contributed by atoms with Gasteiger partial charge in [0.05, 0.1) is 28.9 Å². The average molecular weight is 309 g/mol. The van der Waals surface area contributed by atoms with Crippen LogP contribution in [0.15, 0.2) is 47.8 Å². The fourth-order valence-electron chi connectivity index (χ4n) is 2.87. The Labute approximate surface area is 134 Å². The van der Waals surface area contributed by atoms with Crippen LogP contribution in [-0.2, 0) is 0 Å². The molecule has 0 amide bonds. The van der Waals surface area contributed by atoms with Gasteiger partial charge in [0.25, 0.3) is 0 Å². The summed E-state index contributed by atoms with van der Waals surface area (Å²) < 4.78 is 1.99. The zero-order valence-corrected chi connectivity index (χ0v) is 13.4. The number of Topliss-reactive ketones (excluding diaryl/α,β-unsaturated/α-hetero) is 1. The molecule has 0 spiro atoms. The zero-order valence-electron chi connectivity index (χ0n) is 13.4. The van der Waals surface area contributed by atoms with Crippen LogP contribution in [0.3, 0.4) is 0 Å². The maximum absolute atomic E-state index is 12.7. The number of oxime groups is 1. The first-order chi connectivity index (χ1) is 11.0. The highest BCUT2D eigenvalue weighted by atomic mass is 16.4. The third-order valence-corrected chi connectivity index (χ3v) is 3.94. The van der Waals surface area contributed by atoms with Crippen LogP contribution in [0.25, 0.3) is 16.4 Å². The van der Waals surface area contributed by atoms with Crippen molar-refractivity contribution in [3.8, 4) is 0 Å². The molecule has 5 heteroatoms. The molecule has 0 aliphatic heterocycles. The second-order valence-corrected chi connectivity index (χ2v) is 5.91. The predicted octanol–water partition coefficient (Wildman–Crippen LogP) is 3.04. The largest absolute Gasteiger partial charge is 0.411 e. The van der Waals surface area contributed by atoms with Crippen molar-refractivity contribution in [1.29, 1.82) is 0 Å². The summed E-state index contributed by atoms with van der Waals surface area (Å²) in [7, 11) is 3.77. The van der Waals surface area contributed by atoms with Crippen LogP contribution in [0.2, 0.25) is 0 Å². The Morgan fingerprint density at radius 3 is 2.61 bits per heavy atom. The molecule has 118 valence electrons. The molecule has 0 fully saturated rings. The Hall–Kier alpha value is -2.66. The van der Waals surface area contributed by atoms with Gasteiger partial charge < -0.3 is 14.5 Å². The van der Waals surface area contributed by atoms with Crippen LogP contribution < -0.4 is 0 Å². The molecule has 0 saturated heterocycles. The zero-order chi connectivity index (χ0) is 16.6. The maximum Gasteiger partial charge on any atom is 0.179 e. The van der Waals surface area contributed by atoms with Crippen LogP contribution in [0.1, 0.15) is 22.8 Å². The molecule has 1 aromatic carbocycles. The van der Waals surface area contributed by atoms with E-state index in [2.05, 4.69) is 5.16 Å². The van der Waals surface area contributed by atoms with Gasteiger partial charge in [-0.05, 0) is 39.2 Å². The van der Waals surface area contributed by atoms with E-state index in [1.807, 2.05) is 66.0 Å². The first-order valence-corrected chi connectivity index (χ1v) is 7.42. The van der Waals surface area contributed by atoms with E-state index in [0.29, 0.717) is 12.3 Å². The first-order valence-electron chi connectivity index (χ1n) is 7.42. The molecule has 0 aliphatic carbocycles. The van der Waals surface area contributed by atoms with Gasteiger partial charge in [0, 0.05) is 17.1 Å². The Morgan fingerprint density at radius 1 is 1.17 bits per heavy atom. The van der Waals surface area contributed by atoms with E-state index in [0.717, 1.165) is 27.5 Å². The smallest absolute Gasteiger partial charge is 0.179 e. The number of rotatable bonds is 4. The van der Waals surface area contributed by atoms with Crippen LogP contribution in [0, 0.1) is 0 Å². The number of hydrogen-bond donors (Lipinski definition) is 1. The van der Waals surface area contributed by atoms with E-state index in [9.17, 15) is 4.79 Å². The molecule has 0 atom stereocenters. The number of benzene rings is 1. The summed E-state index contributed by atoms with van der Waals surface area (Å²) >= 11 is 0. The summed E-state index contributed by atoms with van der Waals surface area (Å²) in [5, 5.41) is 13.2. The fraction of sp³-hybridized carbons (Fsp3) is 0.222. The van der Waals surface area contributed by atoms with E-state index in [4.69, 9.17) is 5.21 Å². The molecule has 0 unspecified atom stereocenters. The van der Waals surface area contributed by atoms with Crippen LogP contribution in [0.4, 0.5) is 0 Å². The molecule has 2 heterocycles. The summed E-state index contributed by atoms with van der Waals surface area (Å²) in [6, 6.07) is 11.6. The van der Waals surface area contributed by atoms with Crippen molar-refractivity contribution >= 4 is 27.9 Å². The second-order valence-electron chi connectivity index (χ2n) is 5.91. The standard InChI is InChI=1S/C18H19N3O2/c1-12(19-23)13-8-9-16-18(17(22)11-20(2)3)14-6-4-5-7-15(14)21(16)10-13/h4-10,23H,11H2,1-3H3. The number of para-hydroxylation sites is 1. The Kier molecular flexibility index (Phi) is 3.88. The van der Waals surface area contributed by atoms with E-state index < -0.39 is 0 Å². The Morgan fingerprint density at radius 2 is 1.91 bits per heavy atom. The summed E-state index contributed by atoms with van der Waals surface area (Å²) in [4.78, 5) is 14.6. The normalized spacial score (nSPS) is 12.4. The number of hydrogen-bond acceptors (Lipinski definition) is 4. The lowest BCUT2D eigenvalue weighted by atomic mass is 10.1. The van der Waals surface area contributed by atoms with Crippen LogP contribution in [0.5, 0.6) is 0 Å². The highest BCUT2D eigenvalue weighted by molar-refractivity contribution is 6.15. The highest BCUT2D eigenvalue weighted by Crippen LogP contribution is 2.27. The van der Waals surface area contributed by atoms with Crippen molar-refractivity contribution in [3.63, 3.8) is 0 Å². The molecule has 23 heavy (non-hydrogen) atoms. The van der Waals surface area contributed by atoms with Gasteiger partial charge in [0.1, 0.15) is 0 Å². The topological polar surface area (TPSA) is 57.3 Å². The molecule has 0 radical (unpaired) electrons. The third-order valence-electron chi connectivity index (χ3n) is 3.94. The molecule has 3 rings (SSSR count). The minimum atomic E-state index is 0.0917. The van der Waals surface area contributed by atoms with Gasteiger partial charge in [-0.1, -0.05) is 23.4 Å². The molecule has 1 N–H and O–H groups in total. The summed E-state index contributed by atoms with van der Waals surface area (Å²) in [5.74, 6) is 0.0917. The van der Waals surface area contributed by atoms with Crippen molar-refractivity contribution in [2.24, 2.45) is 5.16 Å². The maximum atomic E-state index is 12.7. The molecule has 3 aromatic rings. The lowest BCUT2D eigenvalue weighted by Gasteiger charge is -2.08. The quantitative estimate of drug-likeness (QED) is 0.349. The number of likely N-dealkylation sites (N-methyl/N-ethyl adjacent to an activating group) is 1. The number of pyridine rings is 1. The number of carbonyl (C=O) groups excluding carboxylic acids is 1. The molecular weight excluding hydrogens is 290 g/mol. The summed E-state index contributed by atoms with van der Waals surface area (Å²) in [6.07, 6.45) is 1.90. The summed E-state index contributed by atoms with van der Waals surface area (Å²) in [5.41, 5.74) is 3.92.